The number of nitrogens with one attached hydrogen (secondary N) is 1. The Kier molecular flexibility index (Phi) is 5.99. The van der Waals surface area contributed by atoms with Gasteiger partial charge >= 0.3 is 0 Å². The Labute approximate surface area is 187 Å². The molecule has 0 radical (unpaired) electrons. The zero-order chi connectivity index (χ0) is 22.0. The number of anilines is 2. The van der Waals surface area contributed by atoms with Gasteiger partial charge in [0.2, 0.25) is 0 Å². The van der Waals surface area contributed by atoms with E-state index in [9.17, 15) is 9.65 Å². The van der Waals surface area contributed by atoms with Crippen LogP contribution in [0.3, 0.4) is 0 Å². The predicted molar refractivity (Wildman–Crippen MR) is 121 cm³/mol. The van der Waals surface area contributed by atoms with E-state index in [1.165, 1.54) is 18.3 Å². The quantitative estimate of drug-likeness (QED) is 0.268. The van der Waals surface area contributed by atoms with Crippen molar-refractivity contribution in [3.8, 4) is 17.6 Å². The van der Waals surface area contributed by atoms with Crippen LogP contribution in [-0.4, -0.2) is 24.6 Å². The molecule has 0 saturated carbocycles. The van der Waals surface area contributed by atoms with Crippen LogP contribution in [0.15, 0.2) is 48.7 Å². The molecule has 0 aliphatic carbocycles. The molecule has 0 amide bonds. The highest BCUT2D eigenvalue weighted by Gasteiger charge is 2.14. The van der Waals surface area contributed by atoms with E-state index in [4.69, 9.17) is 32.7 Å². The van der Waals surface area contributed by atoms with E-state index < -0.39 is 5.82 Å². The number of pyridine rings is 1. The van der Waals surface area contributed by atoms with Crippen LogP contribution in [0.2, 0.25) is 5.02 Å². The van der Waals surface area contributed by atoms with E-state index in [2.05, 4.69) is 16.4 Å². The number of hydrogen-bond acceptors (Lipinski definition) is 5. The lowest BCUT2D eigenvalue weighted by Crippen LogP contribution is -2.00. The summed E-state index contributed by atoms with van der Waals surface area (Å²) in [6.45, 7) is 0.343. The fourth-order valence-corrected chi connectivity index (χ4v) is 3.56. The summed E-state index contributed by atoms with van der Waals surface area (Å²) in [5.74, 6) is 0.990. The van der Waals surface area contributed by atoms with Crippen molar-refractivity contribution in [1.29, 1.82) is 5.26 Å². The first-order valence-electron chi connectivity index (χ1n) is 9.29. The van der Waals surface area contributed by atoms with Crippen molar-refractivity contribution >= 4 is 56.3 Å². The standard InChI is InChI=1S/C23H16Cl2FN3O2/c1-30-21-8-14-7-20-17(6-13(14)9-22(21)31-5-4-24)23(15(11-27)12-28-20)29-16-2-3-19(26)18(25)10-16/h2-3,6-10,12H,4-5H2,1H3,(H,28,29). The van der Waals surface area contributed by atoms with E-state index in [0.29, 0.717) is 46.4 Å². The first-order chi connectivity index (χ1) is 15.0. The van der Waals surface area contributed by atoms with E-state index in [1.807, 2.05) is 24.3 Å². The molecule has 8 heteroatoms. The molecule has 1 aromatic heterocycles. The molecular formula is C23H16Cl2FN3O2. The Bertz CT molecular complexity index is 1340. The minimum Gasteiger partial charge on any atom is -0.493 e. The summed E-state index contributed by atoms with van der Waals surface area (Å²) < 4.78 is 24.7. The van der Waals surface area contributed by atoms with E-state index >= 15 is 0 Å². The fourth-order valence-electron chi connectivity index (χ4n) is 3.31. The molecule has 0 atom stereocenters. The minimum absolute atomic E-state index is 0.0134. The molecule has 5 nitrogen and oxygen atoms in total. The SMILES string of the molecule is COc1cc2cc3ncc(C#N)c(Nc4ccc(F)c(Cl)c4)c3cc2cc1OCCCl. The number of methoxy groups -OCH3 is 1. The maximum absolute atomic E-state index is 13.5. The van der Waals surface area contributed by atoms with Crippen LogP contribution in [-0.2, 0) is 0 Å². The van der Waals surface area contributed by atoms with Crippen LogP contribution >= 0.6 is 23.2 Å². The summed E-state index contributed by atoms with van der Waals surface area (Å²) in [6.07, 6.45) is 1.50. The average Bonchev–Trinajstić information content (AvgIpc) is 2.78. The molecule has 1 heterocycles. The molecular weight excluding hydrogens is 440 g/mol. The average molecular weight is 456 g/mol. The Balaban J connectivity index is 1.90. The van der Waals surface area contributed by atoms with Crippen LogP contribution in [0, 0.1) is 17.1 Å². The van der Waals surface area contributed by atoms with Gasteiger partial charge < -0.3 is 14.8 Å². The molecule has 0 spiro atoms. The summed E-state index contributed by atoms with van der Waals surface area (Å²) in [5.41, 5.74) is 2.13. The summed E-state index contributed by atoms with van der Waals surface area (Å²) in [5, 5.41) is 15.3. The third-order valence-electron chi connectivity index (χ3n) is 4.75. The second-order valence-electron chi connectivity index (χ2n) is 6.67. The van der Waals surface area contributed by atoms with Gasteiger partial charge in [-0.3, -0.25) is 4.98 Å². The molecule has 156 valence electrons. The second-order valence-corrected chi connectivity index (χ2v) is 7.45. The monoisotopic (exact) mass is 455 g/mol. The maximum Gasteiger partial charge on any atom is 0.161 e. The molecule has 0 unspecified atom stereocenters. The van der Waals surface area contributed by atoms with Gasteiger partial charge in [0.25, 0.3) is 0 Å². The number of benzene rings is 3. The lowest BCUT2D eigenvalue weighted by Gasteiger charge is -2.14. The molecule has 4 rings (SSSR count). The van der Waals surface area contributed by atoms with Crippen LogP contribution in [0.5, 0.6) is 11.5 Å². The molecule has 0 fully saturated rings. The largest absolute Gasteiger partial charge is 0.493 e. The van der Waals surface area contributed by atoms with Gasteiger partial charge in [-0.1, -0.05) is 11.6 Å². The minimum atomic E-state index is -0.517. The maximum atomic E-state index is 13.5. The highest BCUT2D eigenvalue weighted by molar-refractivity contribution is 6.31. The van der Waals surface area contributed by atoms with Gasteiger partial charge in [0.1, 0.15) is 18.5 Å². The zero-order valence-corrected chi connectivity index (χ0v) is 17.9. The fraction of sp³-hybridized carbons (Fsp3) is 0.130. The van der Waals surface area contributed by atoms with Crippen molar-refractivity contribution in [3.63, 3.8) is 0 Å². The lowest BCUT2D eigenvalue weighted by atomic mass is 10.0. The molecule has 0 saturated heterocycles. The predicted octanol–water partition coefficient (Wildman–Crippen LogP) is 6.42. The van der Waals surface area contributed by atoms with Crippen molar-refractivity contribution in [2.75, 3.05) is 24.9 Å². The summed E-state index contributed by atoms with van der Waals surface area (Å²) >= 11 is 11.7. The van der Waals surface area contributed by atoms with Gasteiger partial charge in [-0.2, -0.15) is 5.26 Å². The zero-order valence-electron chi connectivity index (χ0n) is 16.4. The second kappa shape index (κ2) is 8.84. The summed E-state index contributed by atoms with van der Waals surface area (Å²) in [4.78, 5) is 4.43. The number of ether oxygens (including phenoxy) is 2. The third-order valence-corrected chi connectivity index (χ3v) is 5.20. The van der Waals surface area contributed by atoms with Crippen molar-refractivity contribution < 1.29 is 13.9 Å². The molecule has 1 N–H and O–H groups in total. The van der Waals surface area contributed by atoms with Crippen molar-refractivity contribution in [2.45, 2.75) is 0 Å². The number of fused-ring (bicyclic) bond motifs is 2. The first kappa shape index (κ1) is 21.0. The first-order valence-corrected chi connectivity index (χ1v) is 10.2. The molecule has 0 aliphatic rings. The number of nitrogens with zero attached hydrogens (tertiary/aromatic N) is 2. The third kappa shape index (κ3) is 4.15. The van der Waals surface area contributed by atoms with Crippen LogP contribution in [0.1, 0.15) is 5.56 Å². The Morgan fingerprint density at radius 1 is 1.13 bits per heavy atom. The topological polar surface area (TPSA) is 67.2 Å². The van der Waals surface area contributed by atoms with Crippen LogP contribution < -0.4 is 14.8 Å². The number of rotatable bonds is 6. The van der Waals surface area contributed by atoms with E-state index in [1.54, 1.807) is 13.2 Å². The van der Waals surface area contributed by atoms with Crippen LogP contribution in [0.4, 0.5) is 15.8 Å². The number of aromatic nitrogens is 1. The van der Waals surface area contributed by atoms with Gasteiger partial charge in [-0.15, -0.1) is 11.6 Å². The molecule has 4 aromatic rings. The Hall–Kier alpha value is -3.27. The number of alkyl halides is 1. The van der Waals surface area contributed by atoms with Gasteiger partial charge in [-0.25, -0.2) is 4.39 Å². The van der Waals surface area contributed by atoms with Crippen molar-refractivity contribution in [1.82, 2.24) is 4.98 Å². The van der Waals surface area contributed by atoms with Crippen LogP contribution in [0.25, 0.3) is 21.7 Å². The summed E-state index contributed by atoms with van der Waals surface area (Å²) in [6, 6.07) is 14.0. The Morgan fingerprint density at radius 2 is 1.90 bits per heavy atom. The van der Waals surface area contributed by atoms with E-state index in [-0.39, 0.29) is 5.02 Å². The lowest BCUT2D eigenvalue weighted by molar-refractivity contribution is 0.313. The van der Waals surface area contributed by atoms with Gasteiger partial charge in [-0.05, 0) is 53.2 Å². The molecule has 0 aliphatic heterocycles. The van der Waals surface area contributed by atoms with Crippen molar-refractivity contribution in [2.24, 2.45) is 0 Å². The van der Waals surface area contributed by atoms with Gasteiger partial charge in [0, 0.05) is 17.3 Å². The summed E-state index contributed by atoms with van der Waals surface area (Å²) in [7, 11) is 1.57. The number of hydrogen-bond donors (Lipinski definition) is 1. The number of nitriles is 1. The normalized spacial score (nSPS) is 10.8. The van der Waals surface area contributed by atoms with E-state index in [0.717, 1.165) is 16.2 Å². The van der Waals surface area contributed by atoms with Gasteiger partial charge in [0.15, 0.2) is 11.5 Å². The van der Waals surface area contributed by atoms with Gasteiger partial charge in [0.05, 0.1) is 34.8 Å². The Morgan fingerprint density at radius 3 is 2.61 bits per heavy atom. The highest BCUT2D eigenvalue weighted by Crippen LogP contribution is 2.37. The van der Waals surface area contributed by atoms with Crippen molar-refractivity contribution in [3.05, 3.63) is 65.1 Å². The number of halogens is 3. The molecule has 31 heavy (non-hydrogen) atoms. The molecule has 3 aromatic carbocycles. The highest BCUT2D eigenvalue weighted by atomic mass is 35.5. The smallest absolute Gasteiger partial charge is 0.161 e. The molecule has 0 bridgehead atoms.